The highest BCUT2D eigenvalue weighted by molar-refractivity contribution is 7.18. The number of ketones is 1. The van der Waals surface area contributed by atoms with Gasteiger partial charge in [-0.1, -0.05) is 39.3 Å². The van der Waals surface area contributed by atoms with Crippen molar-refractivity contribution in [2.45, 2.75) is 103 Å². The van der Waals surface area contributed by atoms with Crippen LogP contribution in [0, 0.1) is 24.2 Å². The number of aromatic nitrogens is 1. The van der Waals surface area contributed by atoms with E-state index in [4.69, 9.17) is 9.47 Å². The molecule has 2 N–H and O–H groups in total. The highest BCUT2D eigenvalue weighted by Gasteiger charge is 2.53. The number of allylic oxidation sites excluding steroid dienone is 1. The van der Waals surface area contributed by atoms with Crippen molar-refractivity contribution < 1.29 is 29.3 Å². The number of aliphatic hydroxyl groups excluding tert-OH is 2. The number of benzene rings is 1. The van der Waals surface area contributed by atoms with Crippen LogP contribution in [-0.2, 0) is 19.1 Å². The number of carbonyl (C=O) groups is 2. The molecule has 4 rings (SSSR count). The number of epoxide rings is 1. The Balaban J connectivity index is 1.63. The summed E-state index contributed by atoms with van der Waals surface area (Å²) < 4.78 is 13.2. The Labute approximate surface area is 229 Å². The number of thiazole rings is 1. The number of ether oxygens (including phenoxy) is 2. The van der Waals surface area contributed by atoms with Crippen LogP contribution in [-0.4, -0.2) is 50.9 Å². The Kier molecular flexibility index (Phi) is 8.48. The van der Waals surface area contributed by atoms with Crippen molar-refractivity contribution in [3.63, 3.8) is 0 Å². The zero-order valence-electron chi connectivity index (χ0n) is 23.1. The second-order valence-electron chi connectivity index (χ2n) is 11.9. The number of rotatable bonds is 3. The monoisotopic (exact) mass is 543 g/mol. The van der Waals surface area contributed by atoms with Crippen LogP contribution < -0.4 is 0 Å². The minimum Gasteiger partial charge on any atom is -0.457 e. The predicted molar refractivity (Wildman–Crippen MR) is 148 cm³/mol. The highest BCUT2D eigenvalue weighted by atomic mass is 32.1. The molecule has 2 aliphatic heterocycles. The van der Waals surface area contributed by atoms with Crippen molar-refractivity contribution in [2.75, 3.05) is 0 Å². The molecule has 2 fully saturated rings. The van der Waals surface area contributed by atoms with E-state index in [9.17, 15) is 19.8 Å². The number of aryl methyl sites for hydroxylation is 1. The molecule has 2 aromatic rings. The predicted octanol–water partition coefficient (Wildman–Crippen LogP) is 5.46. The molecule has 0 unspecified atom stereocenters. The van der Waals surface area contributed by atoms with E-state index in [0.717, 1.165) is 40.1 Å². The molecule has 1 aromatic carbocycles. The number of cyclic esters (lactones) is 1. The smallest absolute Gasteiger partial charge is 0.309 e. The summed E-state index contributed by atoms with van der Waals surface area (Å²) in [4.78, 5) is 31.3. The fraction of sp³-hybridized carbons (Fsp3) is 0.633. The van der Waals surface area contributed by atoms with E-state index in [1.165, 1.54) is 0 Å². The van der Waals surface area contributed by atoms with E-state index in [2.05, 4.69) is 18.5 Å². The van der Waals surface area contributed by atoms with Gasteiger partial charge < -0.3 is 19.7 Å². The largest absolute Gasteiger partial charge is 0.457 e. The topological polar surface area (TPSA) is 109 Å². The summed E-state index contributed by atoms with van der Waals surface area (Å²) in [7, 11) is 0. The van der Waals surface area contributed by atoms with E-state index in [0.29, 0.717) is 12.8 Å². The molecule has 7 nitrogen and oxygen atoms in total. The van der Waals surface area contributed by atoms with E-state index < -0.39 is 35.6 Å². The number of hydrogen-bond donors (Lipinski definition) is 2. The Morgan fingerprint density at radius 1 is 1.24 bits per heavy atom. The lowest BCUT2D eigenvalue weighted by molar-refractivity contribution is -0.156. The number of nitrogens with zero attached hydrogens (tertiary/aromatic N) is 1. The van der Waals surface area contributed by atoms with Crippen LogP contribution in [0.15, 0.2) is 30.9 Å². The van der Waals surface area contributed by atoms with Gasteiger partial charge in [0.05, 0.1) is 51.0 Å². The summed E-state index contributed by atoms with van der Waals surface area (Å²) in [5.41, 5.74) is 0.115. The molecule has 208 valence electrons. The number of hydrogen-bond acceptors (Lipinski definition) is 8. The van der Waals surface area contributed by atoms with Gasteiger partial charge in [0, 0.05) is 12.3 Å². The van der Waals surface area contributed by atoms with Crippen LogP contribution in [0.3, 0.4) is 0 Å². The fourth-order valence-corrected chi connectivity index (χ4v) is 6.51. The van der Waals surface area contributed by atoms with Crippen LogP contribution >= 0.6 is 11.3 Å². The standard InChI is InChI=1S/C30H41NO6S/c1-7-9-20-27(34)17(2)10-8-13-30(6)25(37-30)15-22(19-11-12-23-21(14-19)31-18(3)38-23)36-26(33)16-24(32)29(4,5)28(20)35/h7,11-12,14,17,20,22,24-25,27,32,34H,1,8-10,13,15-16H2,2-6H3/t17-,20+,22-,24-,25+,27-,30-/m1/s1. The maximum Gasteiger partial charge on any atom is 0.309 e. The van der Waals surface area contributed by atoms with E-state index in [1.54, 1.807) is 31.3 Å². The first-order valence-corrected chi connectivity index (χ1v) is 14.4. The van der Waals surface area contributed by atoms with Crippen molar-refractivity contribution in [1.29, 1.82) is 0 Å². The SMILES string of the molecule is C=CC[C@@H]1C(=O)C(C)(C)[C@H](O)CC(=O)O[C@@H](c2ccc3sc(C)nc3c2)C[C@@H]2O[C@]2(C)CCC[C@@H](C)[C@H]1O. The van der Waals surface area contributed by atoms with Gasteiger partial charge in [0.15, 0.2) is 0 Å². The molecule has 8 heteroatoms. The summed E-state index contributed by atoms with van der Waals surface area (Å²) in [5.74, 6) is -1.68. The molecule has 7 atom stereocenters. The van der Waals surface area contributed by atoms with Crippen LogP contribution in [0.2, 0.25) is 0 Å². The lowest BCUT2D eigenvalue weighted by Gasteiger charge is -2.35. The normalized spacial score (nSPS) is 34.9. The highest BCUT2D eigenvalue weighted by Crippen LogP contribution is 2.47. The third-order valence-corrected chi connectivity index (χ3v) is 9.49. The van der Waals surface area contributed by atoms with Gasteiger partial charge in [-0.2, -0.15) is 0 Å². The third kappa shape index (κ3) is 6.03. The molecule has 0 radical (unpaired) electrons. The zero-order chi connectivity index (χ0) is 27.8. The summed E-state index contributed by atoms with van der Waals surface area (Å²) in [6.07, 6.45) is 1.71. The molecule has 2 saturated heterocycles. The summed E-state index contributed by atoms with van der Waals surface area (Å²) in [5, 5.41) is 23.2. The van der Waals surface area contributed by atoms with Gasteiger partial charge >= 0.3 is 5.97 Å². The Morgan fingerprint density at radius 3 is 2.68 bits per heavy atom. The number of esters is 1. The van der Waals surface area contributed by atoms with Crippen molar-refractivity contribution in [1.82, 2.24) is 4.98 Å². The quantitative estimate of drug-likeness (QED) is 0.301. The van der Waals surface area contributed by atoms with Crippen molar-refractivity contribution >= 4 is 33.3 Å². The van der Waals surface area contributed by atoms with E-state index in [1.807, 2.05) is 32.0 Å². The van der Waals surface area contributed by atoms with E-state index in [-0.39, 0.29) is 29.8 Å². The van der Waals surface area contributed by atoms with Gasteiger partial charge in [-0.15, -0.1) is 17.9 Å². The Hall–Kier alpha value is -2.13. The maximum absolute atomic E-state index is 13.6. The number of aliphatic hydroxyl groups is 2. The molecule has 0 bridgehead atoms. The number of carbonyl (C=O) groups excluding carboxylic acids is 2. The molecule has 3 heterocycles. The maximum atomic E-state index is 13.6. The van der Waals surface area contributed by atoms with Crippen molar-refractivity contribution in [3.05, 3.63) is 41.4 Å². The van der Waals surface area contributed by atoms with Crippen molar-refractivity contribution in [2.24, 2.45) is 17.3 Å². The average Bonchev–Trinajstić information content (AvgIpc) is 3.32. The molecule has 0 spiro atoms. The summed E-state index contributed by atoms with van der Waals surface area (Å²) >= 11 is 1.61. The van der Waals surface area contributed by atoms with Gasteiger partial charge in [-0.05, 0) is 56.7 Å². The minimum atomic E-state index is -1.27. The fourth-order valence-electron chi connectivity index (χ4n) is 5.70. The lowest BCUT2D eigenvalue weighted by Crippen LogP contribution is -2.46. The zero-order valence-corrected chi connectivity index (χ0v) is 23.9. The van der Waals surface area contributed by atoms with Crippen LogP contribution in [0.5, 0.6) is 0 Å². The molecule has 38 heavy (non-hydrogen) atoms. The molecule has 0 saturated carbocycles. The van der Waals surface area contributed by atoms with Gasteiger partial charge in [0.1, 0.15) is 11.9 Å². The minimum absolute atomic E-state index is 0.0715. The molecule has 0 amide bonds. The summed E-state index contributed by atoms with van der Waals surface area (Å²) in [6.45, 7) is 13.0. The van der Waals surface area contributed by atoms with Gasteiger partial charge in [-0.3, -0.25) is 9.59 Å². The van der Waals surface area contributed by atoms with Gasteiger partial charge in [-0.25, -0.2) is 4.98 Å². The molecular weight excluding hydrogens is 502 g/mol. The molecular formula is C30H41NO6S. The Bertz CT molecular complexity index is 1190. The average molecular weight is 544 g/mol. The van der Waals surface area contributed by atoms with Crippen molar-refractivity contribution in [3.8, 4) is 0 Å². The molecule has 1 aromatic heterocycles. The molecule has 2 aliphatic rings. The second kappa shape index (κ2) is 11.2. The van der Waals surface area contributed by atoms with Crippen LogP contribution in [0.1, 0.15) is 82.9 Å². The summed E-state index contributed by atoms with van der Waals surface area (Å²) in [6, 6.07) is 5.92. The number of Topliss-reactive ketones (excluding diaryl/α,β-unsaturated/α-hetero) is 1. The van der Waals surface area contributed by atoms with E-state index >= 15 is 0 Å². The first-order chi connectivity index (χ1) is 17.9. The third-order valence-electron chi connectivity index (χ3n) is 8.54. The Morgan fingerprint density at radius 2 is 1.97 bits per heavy atom. The van der Waals surface area contributed by atoms with Crippen LogP contribution in [0.25, 0.3) is 10.2 Å². The second-order valence-corrected chi connectivity index (χ2v) is 13.1. The van der Waals surface area contributed by atoms with Gasteiger partial charge in [0.2, 0.25) is 0 Å². The lowest BCUT2D eigenvalue weighted by atomic mass is 9.71. The first kappa shape index (κ1) is 28.9. The first-order valence-electron chi connectivity index (χ1n) is 13.6. The van der Waals surface area contributed by atoms with Gasteiger partial charge in [0.25, 0.3) is 0 Å². The molecule has 0 aliphatic carbocycles. The number of fused-ring (bicyclic) bond motifs is 2. The van der Waals surface area contributed by atoms with Crippen LogP contribution in [0.4, 0.5) is 0 Å².